The lowest BCUT2D eigenvalue weighted by atomic mass is 10.0. The second-order valence-electron chi connectivity index (χ2n) is 4.66. The van der Waals surface area contributed by atoms with Crippen molar-refractivity contribution in [3.63, 3.8) is 0 Å². The van der Waals surface area contributed by atoms with E-state index in [9.17, 15) is 0 Å². The van der Waals surface area contributed by atoms with E-state index in [1.807, 2.05) is 10.9 Å². The van der Waals surface area contributed by atoms with Crippen LogP contribution in [0.15, 0.2) is 12.4 Å². The Morgan fingerprint density at radius 2 is 2.21 bits per heavy atom. The molecule has 1 aromatic heterocycles. The maximum Gasteiger partial charge on any atom is 0.102 e. The first kappa shape index (κ1) is 8.05. The molecule has 0 radical (unpaired) electrons. The molecule has 0 aromatic carbocycles. The van der Waals surface area contributed by atoms with E-state index in [4.69, 9.17) is 5.26 Å². The SMILES string of the molecule is N#Cc1cnn(CC2CC3CC3C2)c1. The second-order valence-corrected chi connectivity index (χ2v) is 4.66. The maximum atomic E-state index is 8.66. The minimum Gasteiger partial charge on any atom is -0.271 e. The lowest BCUT2D eigenvalue weighted by Gasteiger charge is -2.10. The van der Waals surface area contributed by atoms with E-state index in [1.54, 1.807) is 6.20 Å². The Bertz CT molecular complexity index is 377. The van der Waals surface area contributed by atoms with Crippen LogP contribution in [0.25, 0.3) is 0 Å². The summed E-state index contributed by atoms with van der Waals surface area (Å²) in [7, 11) is 0. The number of nitrogens with zero attached hydrogens (tertiary/aromatic N) is 3. The monoisotopic (exact) mass is 187 g/mol. The van der Waals surface area contributed by atoms with Gasteiger partial charge in [-0.25, -0.2) is 0 Å². The molecular formula is C11H13N3. The molecule has 3 nitrogen and oxygen atoms in total. The fourth-order valence-corrected chi connectivity index (χ4v) is 2.77. The third-order valence-electron chi connectivity index (χ3n) is 3.55. The number of nitriles is 1. The number of hydrogen-bond acceptors (Lipinski definition) is 2. The highest BCUT2D eigenvalue weighted by Gasteiger charge is 2.45. The summed E-state index contributed by atoms with van der Waals surface area (Å²) in [5.41, 5.74) is 0.674. The molecule has 72 valence electrons. The number of aromatic nitrogens is 2. The third kappa shape index (κ3) is 1.31. The average Bonchev–Trinajstić information content (AvgIpc) is 2.66. The van der Waals surface area contributed by atoms with Crippen molar-refractivity contribution in [2.45, 2.75) is 25.8 Å². The quantitative estimate of drug-likeness (QED) is 0.708. The fourth-order valence-electron chi connectivity index (χ4n) is 2.77. The Hall–Kier alpha value is -1.30. The highest BCUT2D eigenvalue weighted by molar-refractivity contribution is 5.21. The van der Waals surface area contributed by atoms with Gasteiger partial charge in [0, 0.05) is 12.7 Å². The summed E-state index contributed by atoms with van der Waals surface area (Å²) >= 11 is 0. The Morgan fingerprint density at radius 3 is 2.86 bits per heavy atom. The molecule has 2 aliphatic rings. The smallest absolute Gasteiger partial charge is 0.102 e. The molecule has 3 rings (SSSR count). The van der Waals surface area contributed by atoms with Crippen LogP contribution in [-0.4, -0.2) is 9.78 Å². The molecule has 0 saturated heterocycles. The Balaban J connectivity index is 1.64. The van der Waals surface area contributed by atoms with Gasteiger partial charge in [-0.2, -0.15) is 10.4 Å². The Labute approximate surface area is 83.3 Å². The van der Waals surface area contributed by atoms with Gasteiger partial charge in [0.25, 0.3) is 0 Å². The van der Waals surface area contributed by atoms with E-state index in [0.717, 1.165) is 24.3 Å². The van der Waals surface area contributed by atoms with E-state index >= 15 is 0 Å². The highest BCUT2D eigenvalue weighted by atomic mass is 15.3. The molecule has 2 unspecified atom stereocenters. The lowest BCUT2D eigenvalue weighted by molar-refractivity contribution is 0.395. The molecule has 2 atom stereocenters. The Kier molecular flexibility index (Phi) is 1.63. The third-order valence-corrected chi connectivity index (χ3v) is 3.55. The van der Waals surface area contributed by atoms with Gasteiger partial charge >= 0.3 is 0 Å². The van der Waals surface area contributed by atoms with Gasteiger partial charge in [0.1, 0.15) is 6.07 Å². The van der Waals surface area contributed by atoms with Crippen molar-refractivity contribution >= 4 is 0 Å². The molecule has 2 aliphatic carbocycles. The molecule has 0 spiro atoms. The van der Waals surface area contributed by atoms with E-state index in [1.165, 1.54) is 19.3 Å². The summed E-state index contributed by atoms with van der Waals surface area (Å²) in [5, 5.41) is 12.8. The van der Waals surface area contributed by atoms with Crippen LogP contribution >= 0.6 is 0 Å². The van der Waals surface area contributed by atoms with Crippen molar-refractivity contribution in [1.29, 1.82) is 5.26 Å². The Morgan fingerprint density at radius 1 is 1.43 bits per heavy atom. The van der Waals surface area contributed by atoms with E-state index < -0.39 is 0 Å². The predicted molar refractivity (Wildman–Crippen MR) is 51.3 cm³/mol. The van der Waals surface area contributed by atoms with Crippen LogP contribution in [0.1, 0.15) is 24.8 Å². The normalized spacial score (nSPS) is 33.8. The molecule has 0 amide bonds. The number of hydrogen-bond donors (Lipinski definition) is 0. The summed E-state index contributed by atoms with van der Waals surface area (Å²) in [5.74, 6) is 2.88. The van der Waals surface area contributed by atoms with Gasteiger partial charge in [-0.05, 0) is 37.0 Å². The topological polar surface area (TPSA) is 41.6 Å². The molecule has 0 N–H and O–H groups in total. The van der Waals surface area contributed by atoms with E-state index in [-0.39, 0.29) is 0 Å². The molecule has 14 heavy (non-hydrogen) atoms. The van der Waals surface area contributed by atoms with Gasteiger partial charge < -0.3 is 0 Å². The lowest BCUT2D eigenvalue weighted by Crippen LogP contribution is -2.09. The molecule has 3 heteroatoms. The number of fused-ring (bicyclic) bond motifs is 1. The zero-order valence-electron chi connectivity index (χ0n) is 8.06. The summed E-state index contributed by atoms with van der Waals surface area (Å²) in [6.45, 7) is 1.01. The van der Waals surface area contributed by atoms with E-state index in [2.05, 4.69) is 11.2 Å². The summed E-state index contributed by atoms with van der Waals surface area (Å²) < 4.78 is 1.92. The highest BCUT2D eigenvalue weighted by Crippen LogP contribution is 2.54. The van der Waals surface area contributed by atoms with E-state index in [0.29, 0.717) is 5.56 Å². The van der Waals surface area contributed by atoms with Gasteiger partial charge in [-0.15, -0.1) is 0 Å². The van der Waals surface area contributed by atoms with Crippen LogP contribution in [0.5, 0.6) is 0 Å². The first-order valence-corrected chi connectivity index (χ1v) is 5.27. The number of rotatable bonds is 2. The van der Waals surface area contributed by atoms with Crippen LogP contribution in [0.4, 0.5) is 0 Å². The molecular weight excluding hydrogens is 174 g/mol. The average molecular weight is 187 g/mol. The molecule has 2 fully saturated rings. The molecule has 2 saturated carbocycles. The van der Waals surface area contributed by atoms with Gasteiger partial charge in [-0.1, -0.05) is 0 Å². The minimum absolute atomic E-state index is 0.674. The van der Waals surface area contributed by atoms with Gasteiger partial charge in [-0.3, -0.25) is 4.68 Å². The minimum atomic E-state index is 0.674. The van der Waals surface area contributed by atoms with Crippen molar-refractivity contribution in [3.05, 3.63) is 18.0 Å². The molecule has 1 aromatic rings. The van der Waals surface area contributed by atoms with Crippen LogP contribution < -0.4 is 0 Å². The standard InChI is InChI=1S/C11H13N3/c12-4-9-5-13-14(7-9)6-8-1-10-3-11(10)2-8/h5,7-8,10-11H,1-3,6H2. The van der Waals surface area contributed by atoms with Crippen molar-refractivity contribution < 1.29 is 0 Å². The van der Waals surface area contributed by atoms with Crippen LogP contribution in [0.2, 0.25) is 0 Å². The van der Waals surface area contributed by atoms with Crippen LogP contribution in [0.3, 0.4) is 0 Å². The second kappa shape index (κ2) is 2.84. The van der Waals surface area contributed by atoms with Crippen molar-refractivity contribution in [2.75, 3.05) is 0 Å². The van der Waals surface area contributed by atoms with Crippen molar-refractivity contribution in [1.82, 2.24) is 9.78 Å². The first-order valence-electron chi connectivity index (χ1n) is 5.27. The zero-order valence-corrected chi connectivity index (χ0v) is 8.06. The van der Waals surface area contributed by atoms with Crippen LogP contribution in [0, 0.1) is 29.1 Å². The summed E-state index contributed by atoms with van der Waals surface area (Å²) in [4.78, 5) is 0. The van der Waals surface area contributed by atoms with Gasteiger partial charge in [0.15, 0.2) is 0 Å². The van der Waals surface area contributed by atoms with Crippen molar-refractivity contribution in [2.24, 2.45) is 17.8 Å². The first-order chi connectivity index (χ1) is 6.85. The summed E-state index contributed by atoms with van der Waals surface area (Å²) in [6, 6.07) is 2.11. The molecule has 1 heterocycles. The van der Waals surface area contributed by atoms with Crippen molar-refractivity contribution in [3.8, 4) is 6.07 Å². The molecule has 0 bridgehead atoms. The van der Waals surface area contributed by atoms with Gasteiger partial charge in [0.2, 0.25) is 0 Å². The summed E-state index contributed by atoms with van der Waals surface area (Å²) in [6.07, 6.45) is 7.73. The largest absolute Gasteiger partial charge is 0.271 e. The predicted octanol–water partition coefficient (Wildman–Crippen LogP) is 1.80. The fraction of sp³-hybridized carbons (Fsp3) is 0.636. The zero-order chi connectivity index (χ0) is 9.54. The van der Waals surface area contributed by atoms with Crippen LogP contribution in [-0.2, 0) is 6.54 Å². The van der Waals surface area contributed by atoms with Gasteiger partial charge in [0.05, 0.1) is 11.8 Å². The molecule has 0 aliphatic heterocycles. The maximum absolute atomic E-state index is 8.66.